The predicted octanol–water partition coefficient (Wildman–Crippen LogP) is 4.22. The molecule has 1 aromatic heterocycles. The predicted molar refractivity (Wildman–Crippen MR) is 91.8 cm³/mol. The van der Waals surface area contributed by atoms with Crippen LogP contribution in [0.15, 0.2) is 42.7 Å². The van der Waals surface area contributed by atoms with Crippen molar-refractivity contribution in [1.82, 2.24) is 4.98 Å². The van der Waals surface area contributed by atoms with Gasteiger partial charge in [0.1, 0.15) is 0 Å². The van der Waals surface area contributed by atoms with Gasteiger partial charge in [0.2, 0.25) is 0 Å². The highest BCUT2D eigenvalue weighted by atomic mass is 35.5. The molecule has 1 aromatic carbocycles. The maximum atomic E-state index is 12.3. The van der Waals surface area contributed by atoms with Crippen LogP contribution < -0.4 is 10.2 Å². The number of carbonyl (C=O) groups excluding carboxylic acids is 1. The molecule has 1 heterocycles. The molecule has 0 saturated heterocycles. The van der Waals surface area contributed by atoms with E-state index in [4.69, 9.17) is 11.6 Å². The Labute approximate surface area is 136 Å². The average Bonchev–Trinajstić information content (AvgIpc) is 2.54. The molecule has 1 amide bonds. The molecule has 2 rings (SSSR count). The van der Waals surface area contributed by atoms with Gasteiger partial charge in [-0.15, -0.1) is 0 Å². The molecule has 4 nitrogen and oxygen atoms in total. The average molecular weight is 318 g/mol. The van der Waals surface area contributed by atoms with Gasteiger partial charge in [0.15, 0.2) is 0 Å². The molecule has 0 unspecified atom stereocenters. The second-order valence-electron chi connectivity index (χ2n) is 5.17. The lowest BCUT2D eigenvalue weighted by Crippen LogP contribution is -2.19. The monoisotopic (exact) mass is 317 g/mol. The third kappa shape index (κ3) is 4.46. The van der Waals surface area contributed by atoms with Crippen molar-refractivity contribution in [3.05, 3.63) is 53.3 Å². The maximum absolute atomic E-state index is 12.3. The largest absolute Gasteiger partial charge is 0.373 e. The molecular weight excluding hydrogens is 298 g/mol. The Hall–Kier alpha value is -2.07. The van der Waals surface area contributed by atoms with Crippen LogP contribution >= 0.6 is 11.6 Å². The Balaban J connectivity index is 2.08. The number of pyridine rings is 1. The van der Waals surface area contributed by atoms with Crippen molar-refractivity contribution >= 4 is 28.9 Å². The lowest BCUT2D eigenvalue weighted by atomic mass is 10.2. The smallest absolute Gasteiger partial charge is 0.257 e. The molecule has 1 N–H and O–H groups in total. The van der Waals surface area contributed by atoms with Crippen molar-refractivity contribution in [2.75, 3.05) is 23.8 Å². The summed E-state index contributed by atoms with van der Waals surface area (Å²) in [7, 11) is 2.01. The first-order valence-corrected chi connectivity index (χ1v) is 7.71. The minimum absolute atomic E-state index is 0.180. The Morgan fingerprint density at radius 3 is 2.68 bits per heavy atom. The van der Waals surface area contributed by atoms with Crippen LogP contribution in [-0.4, -0.2) is 24.5 Å². The van der Waals surface area contributed by atoms with Crippen molar-refractivity contribution in [2.24, 2.45) is 0 Å². The van der Waals surface area contributed by atoms with Crippen molar-refractivity contribution in [2.45, 2.75) is 19.8 Å². The van der Waals surface area contributed by atoms with E-state index >= 15 is 0 Å². The molecule has 0 aliphatic heterocycles. The summed E-state index contributed by atoms with van der Waals surface area (Å²) < 4.78 is 0. The maximum Gasteiger partial charge on any atom is 0.257 e. The quantitative estimate of drug-likeness (QED) is 0.867. The Kier molecular flexibility index (Phi) is 5.78. The summed E-state index contributed by atoms with van der Waals surface area (Å²) in [4.78, 5) is 18.6. The van der Waals surface area contributed by atoms with E-state index < -0.39 is 0 Å². The molecule has 5 heteroatoms. The van der Waals surface area contributed by atoms with E-state index in [1.165, 1.54) is 0 Å². The fourth-order valence-corrected chi connectivity index (χ4v) is 2.15. The highest BCUT2D eigenvalue weighted by Crippen LogP contribution is 2.17. The van der Waals surface area contributed by atoms with E-state index in [9.17, 15) is 4.79 Å². The Bertz CT molecular complexity index is 628. The molecule has 22 heavy (non-hydrogen) atoms. The number of amides is 1. The molecule has 0 aliphatic rings. The molecular formula is C17H20ClN3O. The molecule has 2 aromatic rings. The topological polar surface area (TPSA) is 45.2 Å². The van der Waals surface area contributed by atoms with Crippen LogP contribution in [0.25, 0.3) is 0 Å². The van der Waals surface area contributed by atoms with Gasteiger partial charge in [0.05, 0.1) is 17.4 Å². The number of hydrogen-bond donors (Lipinski definition) is 1. The number of rotatable bonds is 6. The SMILES string of the molecule is CCCCN(C)c1cncc(C(=O)Nc2ccc(Cl)cc2)c1. The highest BCUT2D eigenvalue weighted by molar-refractivity contribution is 6.30. The Morgan fingerprint density at radius 2 is 2.00 bits per heavy atom. The van der Waals surface area contributed by atoms with Crippen LogP contribution in [0.1, 0.15) is 30.1 Å². The molecule has 0 bridgehead atoms. The van der Waals surface area contributed by atoms with Gasteiger partial charge in [-0.1, -0.05) is 24.9 Å². The lowest BCUT2D eigenvalue weighted by molar-refractivity contribution is 0.102. The normalized spacial score (nSPS) is 10.3. The lowest BCUT2D eigenvalue weighted by Gasteiger charge is -2.19. The molecule has 0 aliphatic carbocycles. The zero-order valence-electron chi connectivity index (χ0n) is 12.8. The number of unbranched alkanes of at least 4 members (excludes halogenated alkanes) is 1. The van der Waals surface area contributed by atoms with Crippen LogP contribution in [-0.2, 0) is 0 Å². The van der Waals surface area contributed by atoms with Gasteiger partial charge in [-0.3, -0.25) is 9.78 Å². The van der Waals surface area contributed by atoms with Crippen LogP contribution in [0.3, 0.4) is 0 Å². The van der Waals surface area contributed by atoms with Gasteiger partial charge in [0.25, 0.3) is 5.91 Å². The van der Waals surface area contributed by atoms with Crippen molar-refractivity contribution in [3.63, 3.8) is 0 Å². The third-order valence-corrected chi connectivity index (χ3v) is 3.63. The fourth-order valence-electron chi connectivity index (χ4n) is 2.02. The van der Waals surface area contributed by atoms with Gasteiger partial charge < -0.3 is 10.2 Å². The summed E-state index contributed by atoms with van der Waals surface area (Å²) in [5.41, 5.74) is 2.19. The van der Waals surface area contributed by atoms with Gasteiger partial charge in [-0.2, -0.15) is 0 Å². The number of hydrogen-bond acceptors (Lipinski definition) is 3. The van der Waals surface area contributed by atoms with E-state index in [0.717, 1.165) is 25.1 Å². The number of anilines is 2. The first-order valence-electron chi connectivity index (χ1n) is 7.33. The first kappa shape index (κ1) is 16.3. The molecule has 0 atom stereocenters. The standard InChI is InChI=1S/C17H20ClN3O/c1-3-4-9-21(2)16-10-13(11-19-12-16)17(22)20-15-7-5-14(18)6-8-15/h5-8,10-12H,3-4,9H2,1-2H3,(H,20,22). The minimum atomic E-state index is -0.180. The summed E-state index contributed by atoms with van der Waals surface area (Å²) in [5.74, 6) is -0.180. The summed E-state index contributed by atoms with van der Waals surface area (Å²) in [6, 6.07) is 8.87. The summed E-state index contributed by atoms with van der Waals surface area (Å²) in [6.45, 7) is 3.10. The van der Waals surface area contributed by atoms with Crippen LogP contribution in [0.4, 0.5) is 11.4 Å². The molecule has 0 spiro atoms. The number of carbonyl (C=O) groups is 1. The minimum Gasteiger partial charge on any atom is -0.373 e. The highest BCUT2D eigenvalue weighted by Gasteiger charge is 2.09. The third-order valence-electron chi connectivity index (χ3n) is 3.38. The van der Waals surface area contributed by atoms with E-state index in [1.807, 2.05) is 13.1 Å². The number of nitrogens with one attached hydrogen (secondary N) is 1. The van der Waals surface area contributed by atoms with E-state index in [-0.39, 0.29) is 5.91 Å². The second-order valence-corrected chi connectivity index (χ2v) is 5.60. The zero-order chi connectivity index (χ0) is 15.9. The second kappa shape index (κ2) is 7.80. The van der Waals surface area contributed by atoms with Crippen molar-refractivity contribution in [1.29, 1.82) is 0 Å². The van der Waals surface area contributed by atoms with Crippen molar-refractivity contribution < 1.29 is 4.79 Å². The Morgan fingerprint density at radius 1 is 1.27 bits per heavy atom. The van der Waals surface area contributed by atoms with E-state index in [0.29, 0.717) is 16.3 Å². The van der Waals surface area contributed by atoms with Crippen LogP contribution in [0.5, 0.6) is 0 Å². The van der Waals surface area contributed by atoms with Gasteiger partial charge in [-0.05, 0) is 36.8 Å². The first-order chi connectivity index (χ1) is 10.6. The number of benzene rings is 1. The summed E-state index contributed by atoms with van der Waals surface area (Å²) in [5, 5.41) is 3.48. The van der Waals surface area contributed by atoms with E-state index in [2.05, 4.69) is 22.1 Å². The van der Waals surface area contributed by atoms with Gasteiger partial charge in [-0.25, -0.2) is 0 Å². The van der Waals surface area contributed by atoms with E-state index in [1.54, 1.807) is 36.7 Å². The molecule has 0 radical (unpaired) electrons. The molecule has 116 valence electrons. The van der Waals surface area contributed by atoms with Gasteiger partial charge in [0, 0.05) is 30.5 Å². The summed E-state index contributed by atoms with van der Waals surface area (Å²) >= 11 is 5.83. The number of aromatic nitrogens is 1. The fraction of sp³-hybridized carbons (Fsp3) is 0.294. The number of halogens is 1. The number of nitrogens with zero attached hydrogens (tertiary/aromatic N) is 2. The van der Waals surface area contributed by atoms with Gasteiger partial charge >= 0.3 is 0 Å². The molecule has 0 saturated carbocycles. The van der Waals surface area contributed by atoms with Crippen molar-refractivity contribution in [3.8, 4) is 0 Å². The van der Waals surface area contributed by atoms with Crippen LogP contribution in [0, 0.1) is 0 Å². The zero-order valence-corrected chi connectivity index (χ0v) is 13.6. The van der Waals surface area contributed by atoms with Crippen LogP contribution in [0.2, 0.25) is 5.02 Å². The summed E-state index contributed by atoms with van der Waals surface area (Å²) in [6.07, 6.45) is 5.59. The molecule has 0 fully saturated rings.